The number of hydrogen-bond acceptors (Lipinski definition) is 18. The molecule has 8 N–H and O–H groups in total. The van der Waals surface area contributed by atoms with E-state index in [1.807, 2.05) is 44.8 Å². The van der Waals surface area contributed by atoms with Crippen LogP contribution in [0.15, 0.2) is 23.8 Å². The molecule has 0 aromatic rings. The first-order chi connectivity index (χ1) is 38.3. The number of aliphatic hydroxyl groups is 7. The van der Waals surface area contributed by atoms with Crippen molar-refractivity contribution in [2.45, 2.75) is 261 Å². The van der Waals surface area contributed by atoms with Gasteiger partial charge in [0.2, 0.25) is 0 Å². The number of hydrogen-bond donors (Lipinski definition) is 8. The van der Waals surface area contributed by atoms with Crippen LogP contribution >= 0.6 is 0 Å². The third-order valence-corrected chi connectivity index (χ3v) is 22.3. The molecule has 4 aliphatic carbocycles. The number of likely N-dealkylation sites (N-methyl/N-ethyl adjacent to an activating group) is 2. The molecule has 19 nitrogen and oxygen atoms in total. The number of carbonyl (C=O) groups excluding carboxylic acids is 3. The molecule has 0 bridgehead atoms. The van der Waals surface area contributed by atoms with Crippen LogP contribution in [0, 0.1) is 46.3 Å². The Balaban J connectivity index is 1.12. The number of rotatable bonds is 12. The Morgan fingerprint density at radius 3 is 2.17 bits per heavy atom. The molecule has 6 fully saturated rings. The lowest BCUT2D eigenvalue weighted by molar-refractivity contribution is -0.338. The molecule has 0 radical (unpaired) electrons. The third-order valence-electron chi connectivity index (χ3n) is 22.3. The Morgan fingerprint density at radius 1 is 0.904 bits per heavy atom. The third kappa shape index (κ3) is 11.6. The highest BCUT2D eigenvalue weighted by Gasteiger charge is 2.77. The fourth-order valence-electron chi connectivity index (χ4n) is 17.0. The Morgan fingerprint density at radius 2 is 1.55 bits per heavy atom. The molecular weight excluding hydrogens is 1080 g/mol. The van der Waals surface area contributed by atoms with Crippen LogP contribution in [0.5, 0.6) is 0 Å². The van der Waals surface area contributed by atoms with Crippen molar-refractivity contribution in [2.75, 3.05) is 41.3 Å². The quantitative estimate of drug-likeness (QED) is 0.0990. The minimum atomic E-state index is -2.38. The van der Waals surface area contributed by atoms with Crippen LogP contribution in [0.25, 0.3) is 0 Å². The molecule has 3 saturated heterocycles. The number of esters is 1. The van der Waals surface area contributed by atoms with Gasteiger partial charge in [-0.3, -0.25) is 14.4 Å². The summed E-state index contributed by atoms with van der Waals surface area (Å²) in [7, 11) is 6.96. The molecule has 83 heavy (non-hydrogen) atoms. The van der Waals surface area contributed by atoms with Gasteiger partial charge in [0.1, 0.15) is 41.3 Å². The number of cyclic esters (lactones) is 1. The number of carbonyl (C=O) groups is 3. The number of ether oxygens (including phenoxy) is 6. The van der Waals surface area contributed by atoms with Gasteiger partial charge in [-0.2, -0.15) is 0 Å². The fraction of sp³-hybridized carbons (Fsp3) is 0.887. The summed E-state index contributed by atoms with van der Waals surface area (Å²) in [6.07, 6.45) is -9.13. The van der Waals surface area contributed by atoms with Gasteiger partial charge in [0.15, 0.2) is 29.6 Å². The summed E-state index contributed by atoms with van der Waals surface area (Å²) in [5.74, 6) is -6.80. The van der Waals surface area contributed by atoms with Gasteiger partial charge in [-0.05, 0) is 163 Å². The summed E-state index contributed by atoms with van der Waals surface area (Å²) < 4.78 is 73.0. The van der Waals surface area contributed by atoms with Crippen LogP contribution in [0.2, 0.25) is 0 Å². The van der Waals surface area contributed by atoms with E-state index in [9.17, 15) is 50.1 Å². The summed E-state index contributed by atoms with van der Waals surface area (Å²) in [6, 6.07) is -0.978. The molecule has 7 rings (SSSR count). The van der Waals surface area contributed by atoms with E-state index in [4.69, 9.17) is 28.4 Å². The van der Waals surface area contributed by atoms with E-state index in [-0.39, 0.29) is 81.5 Å². The van der Waals surface area contributed by atoms with Gasteiger partial charge in [0.05, 0.1) is 42.0 Å². The second-order valence-corrected chi connectivity index (χ2v) is 28.1. The van der Waals surface area contributed by atoms with E-state index in [1.165, 1.54) is 33.1 Å². The predicted octanol–water partition coefficient (Wildman–Crippen LogP) is 4.46. The molecule has 0 aromatic heterocycles. The molecular formula is C62H103F2N3O16. The number of amides is 1. The highest BCUT2D eigenvalue weighted by atomic mass is 19.1. The van der Waals surface area contributed by atoms with Gasteiger partial charge >= 0.3 is 5.97 Å². The lowest BCUT2D eigenvalue weighted by Crippen LogP contribution is -2.71. The molecule has 3 saturated carbocycles. The predicted molar refractivity (Wildman–Crippen MR) is 303 cm³/mol. The molecule has 4 unspecified atom stereocenters. The molecule has 27 atom stereocenters. The molecule has 0 spiro atoms. The number of alkyl halides is 2. The summed E-state index contributed by atoms with van der Waals surface area (Å²) in [6.45, 7) is 22.3. The van der Waals surface area contributed by atoms with Gasteiger partial charge in [0.25, 0.3) is 5.91 Å². The first-order valence-corrected chi connectivity index (χ1v) is 30.5. The SMILES string of the molecule is CC[C@H]1OC(=O)[C@H](C)[C@@H](OC2C[C@@](C)(OC)[C@](O)(CCCNC(=O)[C@@]3(O)[C@H](C)CC4C5C[C@H](F)C6=CC(=O)C=C[C@]6(C)[C@@]5(F)[C@@H](O)C[C@@]43C)[C@H](C)O2)[C@H](C)[C@@H](OC2O[C@H](C)C[C@H](N(C)C)[C@H]2O)[C@](C)(O)C[C@@H](C)CN(C)[C@H](C)[C@@H](O)[C@]1(C)O. The monoisotopic (exact) mass is 1180 g/mol. The summed E-state index contributed by atoms with van der Waals surface area (Å²) in [5.41, 5.74) is -14.2. The van der Waals surface area contributed by atoms with Crippen LogP contribution in [-0.4, -0.2) is 218 Å². The van der Waals surface area contributed by atoms with Crippen molar-refractivity contribution in [3.8, 4) is 0 Å². The maximum atomic E-state index is 17.9. The second kappa shape index (κ2) is 24.4. The average Bonchev–Trinajstić information content (AvgIpc) is 3.59. The van der Waals surface area contributed by atoms with Gasteiger partial charge in [0, 0.05) is 61.4 Å². The zero-order valence-corrected chi connectivity index (χ0v) is 52.4. The molecule has 3 heterocycles. The molecule has 1 amide bonds. The summed E-state index contributed by atoms with van der Waals surface area (Å²) in [5, 5.41) is 88.5. The number of methoxy groups -OCH3 is 1. The largest absolute Gasteiger partial charge is 0.459 e. The Labute approximate surface area is 491 Å². The van der Waals surface area contributed by atoms with Crippen LogP contribution in [0.4, 0.5) is 8.78 Å². The molecule has 0 aromatic carbocycles. The van der Waals surface area contributed by atoms with Crippen LogP contribution in [0.1, 0.15) is 148 Å². The molecule has 476 valence electrons. The number of nitrogens with zero attached hydrogens (tertiary/aromatic N) is 2. The zero-order chi connectivity index (χ0) is 62.3. The van der Waals surface area contributed by atoms with Gasteiger partial charge in [-0.25, -0.2) is 8.78 Å². The maximum absolute atomic E-state index is 17.9. The van der Waals surface area contributed by atoms with E-state index < -0.39 is 159 Å². The van der Waals surface area contributed by atoms with Crippen molar-refractivity contribution < 1.29 is 87.3 Å². The van der Waals surface area contributed by atoms with E-state index >= 15 is 8.78 Å². The number of nitrogens with one attached hydrogen (secondary N) is 1. The average molecular weight is 1180 g/mol. The van der Waals surface area contributed by atoms with Crippen molar-refractivity contribution in [2.24, 2.45) is 46.3 Å². The molecule has 21 heteroatoms. The van der Waals surface area contributed by atoms with Crippen molar-refractivity contribution in [1.82, 2.24) is 15.1 Å². The number of allylic oxidation sites excluding steroid dienone is 4. The van der Waals surface area contributed by atoms with Crippen molar-refractivity contribution in [3.05, 3.63) is 23.8 Å². The number of aliphatic hydroxyl groups excluding tert-OH is 3. The number of ketones is 1. The smallest absolute Gasteiger partial charge is 0.311 e. The van der Waals surface area contributed by atoms with Crippen molar-refractivity contribution in [3.63, 3.8) is 0 Å². The van der Waals surface area contributed by atoms with Crippen molar-refractivity contribution in [1.29, 1.82) is 0 Å². The van der Waals surface area contributed by atoms with E-state index in [0.29, 0.717) is 13.0 Å². The van der Waals surface area contributed by atoms with Gasteiger partial charge < -0.3 is 79.3 Å². The highest BCUT2D eigenvalue weighted by Crippen LogP contribution is 2.71. The maximum Gasteiger partial charge on any atom is 0.311 e. The molecule has 7 aliphatic rings. The zero-order valence-electron chi connectivity index (χ0n) is 52.4. The van der Waals surface area contributed by atoms with Crippen molar-refractivity contribution >= 4 is 17.7 Å². The summed E-state index contributed by atoms with van der Waals surface area (Å²) >= 11 is 0. The summed E-state index contributed by atoms with van der Waals surface area (Å²) in [4.78, 5) is 45.3. The van der Waals surface area contributed by atoms with Gasteiger partial charge in [-0.15, -0.1) is 0 Å². The van der Waals surface area contributed by atoms with Gasteiger partial charge in [-0.1, -0.05) is 40.7 Å². The number of halogens is 2. The van der Waals surface area contributed by atoms with Crippen LogP contribution < -0.4 is 5.32 Å². The topological polar surface area (TPSA) is 267 Å². The Hall–Kier alpha value is -2.61. The van der Waals surface area contributed by atoms with E-state index in [2.05, 4.69) is 5.32 Å². The minimum Gasteiger partial charge on any atom is -0.459 e. The standard InChI is InChI=1S/C62H103F2N3O16/c1-18-46-59(13,75)50(71)37(7)67(16)31-32(2)28-57(11,74)51(83-53-48(70)44(66(14)15)25-34(4)79-53)35(5)49(36(6)52(72)81-46)82-47-30-58(12,78-17)60(76,38(8)80-47)21-19-23-65-54(73)62(77)33(3)24-40-41-27-43(63)42-26-39(68)20-22-55(42,9)61(41,64)45(69)29-56(40,62)10/h20,22,26,32-38,40-41,43-51,53,69-71,74-77H,18-19,21,23-25,27-31H2,1-17H3,(H,65,73)/t32-,33-,34-,35+,36-,37-,38+,40?,41?,43+,44+,45+,46-,47?,48-,49+,50-,51-,53?,55+,56+,57-,58-,59-,60+,61+,62+/m1/s1. The van der Waals surface area contributed by atoms with Crippen LogP contribution in [-0.2, 0) is 42.8 Å². The highest BCUT2D eigenvalue weighted by molar-refractivity contribution is 6.01. The number of fused-ring (bicyclic) bond motifs is 5. The first-order valence-electron chi connectivity index (χ1n) is 30.5. The lowest BCUT2D eigenvalue weighted by Gasteiger charge is -2.63. The Bertz CT molecular complexity index is 2400. The van der Waals surface area contributed by atoms with E-state index in [0.717, 1.165) is 6.08 Å². The second-order valence-electron chi connectivity index (χ2n) is 28.1. The minimum absolute atomic E-state index is 0.000476. The normalized spacial score (nSPS) is 51.2. The lowest BCUT2D eigenvalue weighted by atomic mass is 9.44. The Kier molecular flexibility index (Phi) is 20.0. The van der Waals surface area contributed by atoms with E-state index in [1.54, 1.807) is 62.3 Å². The first kappa shape index (κ1) is 67.9. The fourth-order valence-corrected chi connectivity index (χ4v) is 17.0. The molecule has 3 aliphatic heterocycles. The van der Waals surface area contributed by atoms with Crippen LogP contribution in [0.3, 0.4) is 0 Å².